The average molecular weight is 413 g/mol. The molecule has 0 saturated heterocycles. The molecular weight excluding hydrogens is 388 g/mol. The quantitative estimate of drug-likeness (QED) is 0.717. The lowest BCUT2D eigenvalue weighted by Gasteiger charge is -2.12. The van der Waals surface area contributed by atoms with E-state index in [1.54, 1.807) is 31.2 Å². The van der Waals surface area contributed by atoms with Gasteiger partial charge < -0.3 is 4.74 Å². The van der Waals surface area contributed by atoms with E-state index in [4.69, 9.17) is 4.74 Å². The highest BCUT2D eigenvalue weighted by Gasteiger charge is 2.18. The summed E-state index contributed by atoms with van der Waals surface area (Å²) in [5.41, 5.74) is 1.39. The maximum Gasteiger partial charge on any atom is 0.242 e. The molecule has 27 heavy (non-hydrogen) atoms. The third-order valence-corrected chi connectivity index (χ3v) is 7.15. The van der Waals surface area contributed by atoms with Crippen LogP contribution in [0.4, 0.5) is 0 Å². The van der Waals surface area contributed by atoms with E-state index in [2.05, 4.69) is 4.72 Å². The summed E-state index contributed by atoms with van der Waals surface area (Å²) in [6, 6.07) is 10.8. The number of nitrogens with zero attached hydrogens (tertiary/aromatic N) is 1. The number of sulfonamides is 2. The Morgan fingerprint density at radius 1 is 0.963 bits per heavy atom. The lowest BCUT2D eigenvalue weighted by Crippen LogP contribution is -2.24. The molecule has 0 radical (unpaired) electrons. The van der Waals surface area contributed by atoms with Gasteiger partial charge in [0.2, 0.25) is 20.0 Å². The van der Waals surface area contributed by atoms with Crippen LogP contribution < -0.4 is 9.46 Å². The second-order valence-corrected chi connectivity index (χ2v) is 10.0. The van der Waals surface area contributed by atoms with Gasteiger partial charge >= 0.3 is 0 Å². The van der Waals surface area contributed by atoms with Crippen molar-refractivity contribution in [3.63, 3.8) is 0 Å². The molecule has 0 aliphatic heterocycles. The lowest BCUT2D eigenvalue weighted by atomic mass is 10.2. The van der Waals surface area contributed by atoms with Gasteiger partial charge in [-0.05, 0) is 55.3 Å². The van der Waals surface area contributed by atoms with Crippen LogP contribution >= 0.6 is 0 Å². The highest BCUT2D eigenvalue weighted by atomic mass is 32.2. The van der Waals surface area contributed by atoms with Crippen LogP contribution in [0.1, 0.15) is 18.1 Å². The average Bonchev–Trinajstić information content (AvgIpc) is 2.62. The van der Waals surface area contributed by atoms with Gasteiger partial charge in [0.15, 0.2) is 0 Å². The van der Waals surface area contributed by atoms with Gasteiger partial charge in [-0.1, -0.05) is 12.1 Å². The summed E-state index contributed by atoms with van der Waals surface area (Å²) in [5, 5.41) is 0. The fourth-order valence-corrected chi connectivity index (χ4v) is 4.36. The summed E-state index contributed by atoms with van der Waals surface area (Å²) in [5.74, 6) is 0.647. The predicted molar refractivity (Wildman–Crippen MR) is 104 cm³/mol. The van der Waals surface area contributed by atoms with Crippen LogP contribution in [0.3, 0.4) is 0 Å². The van der Waals surface area contributed by atoms with Crippen LogP contribution in [0.25, 0.3) is 0 Å². The van der Waals surface area contributed by atoms with E-state index in [0.29, 0.717) is 17.9 Å². The summed E-state index contributed by atoms with van der Waals surface area (Å²) >= 11 is 0. The third-order valence-electron chi connectivity index (χ3n) is 3.92. The minimum atomic E-state index is -3.70. The Kier molecular flexibility index (Phi) is 6.63. The normalized spacial score (nSPS) is 12.3. The molecule has 0 bridgehead atoms. The van der Waals surface area contributed by atoms with Crippen molar-refractivity contribution in [2.45, 2.75) is 30.2 Å². The van der Waals surface area contributed by atoms with E-state index < -0.39 is 20.0 Å². The van der Waals surface area contributed by atoms with Gasteiger partial charge in [-0.3, -0.25) is 0 Å². The molecule has 0 saturated carbocycles. The van der Waals surface area contributed by atoms with Crippen molar-refractivity contribution in [1.29, 1.82) is 0 Å². The number of ether oxygens (including phenoxy) is 1. The van der Waals surface area contributed by atoms with Crippen LogP contribution in [0.15, 0.2) is 52.3 Å². The van der Waals surface area contributed by atoms with E-state index in [1.165, 1.54) is 32.3 Å². The molecule has 0 aliphatic rings. The molecule has 0 aromatic heterocycles. The molecule has 0 heterocycles. The van der Waals surface area contributed by atoms with Gasteiger partial charge in [-0.15, -0.1) is 0 Å². The molecule has 0 aliphatic carbocycles. The maximum absolute atomic E-state index is 12.5. The molecule has 9 heteroatoms. The predicted octanol–water partition coefficient (Wildman–Crippen LogP) is 2.12. The van der Waals surface area contributed by atoms with Crippen LogP contribution in [0, 0.1) is 6.92 Å². The fourth-order valence-electron chi connectivity index (χ4n) is 2.36. The second-order valence-electron chi connectivity index (χ2n) is 6.12. The van der Waals surface area contributed by atoms with Crippen molar-refractivity contribution < 1.29 is 21.6 Å². The van der Waals surface area contributed by atoms with Gasteiger partial charge in [0, 0.05) is 20.6 Å². The highest BCUT2D eigenvalue weighted by molar-refractivity contribution is 7.89. The zero-order valence-electron chi connectivity index (χ0n) is 15.8. The van der Waals surface area contributed by atoms with Gasteiger partial charge in [0.25, 0.3) is 0 Å². The lowest BCUT2D eigenvalue weighted by molar-refractivity contribution is 0.337. The number of nitrogens with one attached hydrogen (secondary N) is 1. The minimum absolute atomic E-state index is 0.0525. The van der Waals surface area contributed by atoms with E-state index in [1.807, 2.05) is 6.92 Å². The molecule has 0 unspecified atom stereocenters. The smallest absolute Gasteiger partial charge is 0.242 e. The first-order valence-corrected chi connectivity index (χ1v) is 11.2. The van der Waals surface area contributed by atoms with Crippen molar-refractivity contribution >= 4 is 20.0 Å². The monoisotopic (exact) mass is 412 g/mol. The third kappa shape index (κ3) is 5.07. The van der Waals surface area contributed by atoms with Gasteiger partial charge in [0.05, 0.1) is 16.4 Å². The van der Waals surface area contributed by atoms with Crippen molar-refractivity contribution in [3.05, 3.63) is 53.6 Å². The zero-order valence-corrected chi connectivity index (χ0v) is 17.4. The molecule has 2 aromatic carbocycles. The molecule has 0 atom stereocenters. The van der Waals surface area contributed by atoms with Gasteiger partial charge in [-0.25, -0.2) is 25.9 Å². The first-order chi connectivity index (χ1) is 12.6. The van der Waals surface area contributed by atoms with E-state index in [0.717, 1.165) is 9.87 Å². The molecule has 0 spiro atoms. The molecule has 7 nitrogen and oxygen atoms in total. The summed E-state index contributed by atoms with van der Waals surface area (Å²) in [6.45, 7) is 4.20. The number of hydrogen-bond donors (Lipinski definition) is 1. The SMILES string of the molecule is CCOc1ccc(S(=O)(=O)NCc2ccc(S(=O)(=O)N(C)C)cc2)cc1C. The maximum atomic E-state index is 12.5. The topological polar surface area (TPSA) is 92.8 Å². The summed E-state index contributed by atoms with van der Waals surface area (Å²) in [7, 11) is -4.30. The van der Waals surface area contributed by atoms with Gasteiger partial charge in [0.1, 0.15) is 5.75 Å². The van der Waals surface area contributed by atoms with Crippen LogP contribution in [-0.4, -0.2) is 41.8 Å². The number of benzene rings is 2. The Balaban J connectivity index is 2.12. The Labute approximate surface area is 161 Å². The van der Waals surface area contributed by atoms with Crippen LogP contribution in [0.2, 0.25) is 0 Å². The van der Waals surface area contributed by atoms with Gasteiger partial charge in [-0.2, -0.15) is 0 Å². The largest absolute Gasteiger partial charge is 0.494 e. The fraction of sp³-hybridized carbons (Fsp3) is 0.333. The first kappa shape index (κ1) is 21.4. The second kappa shape index (κ2) is 8.39. The summed E-state index contributed by atoms with van der Waals surface area (Å²) in [4.78, 5) is 0.302. The van der Waals surface area contributed by atoms with Crippen LogP contribution in [0.5, 0.6) is 5.75 Å². The molecule has 148 valence electrons. The zero-order chi connectivity index (χ0) is 20.2. The van der Waals surface area contributed by atoms with Crippen molar-refractivity contribution in [2.24, 2.45) is 0 Å². The Morgan fingerprint density at radius 2 is 1.56 bits per heavy atom. The molecule has 0 fully saturated rings. The summed E-state index contributed by atoms with van der Waals surface area (Å²) in [6.07, 6.45) is 0. The molecular formula is C18H24N2O5S2. The van der Waals surface area contributed by atoms with Crippen LogP contribution in [-0.2, 0) is 26.6 Å². The standard InChI is InChI=1S/C18H24N2O5S2/c1-5-25-18-11-10-17(12-14(18)2)26(21,22)19-13-15-6-8-16(9-7-15)27(23,24)20(3)4/h6-12,19H,5,13H2,1-4H3. The number of aryl methyl sites for hydroxylation is 1. The minimum Gasteiger partial charge on any atom is -0.494 e. The van der Waals surface area contributed by atoms with Crippen molar-refractivity contribution in [2.75, 3.05) is 20.7 Å². The number of hydrogen-bond acceptors (Lipinski definition) is 5. The van der Waals surface area contributed by atoms with Crippen molar-refractivity contribution in [3.8, 4) is 5.75 Å². The first-order valence-electron chi connectivity index (χ1n) is 8.32. The molecule has 0 amide bonds. The molecule has 2 rings (SSSR count). The van der Waals surface area contributed by atoms with E-state index in [9.17, 15) is 16.8 Å². The van der Waals surface area contributed by atoms with Crippen molar-refractivity contribution in [1.82, 2.24) is 9.03 Å². The highest BCUT2D eigenvalue weighted by Crippen LogP contribution is 2.22. The Morgan fingerprint density at radius 3 is 2.07 bits per heavy atom. The number of rotatable bonds is 8. The molecule has 2 aromatic rings. The Bertz CT molecular complexity index is 999. The van der Waals surface area contributed by atoms with E-state index in [-0.39, 0.29) is 16.3 Å². The molecule has 1 N–H and O–H groups in total. The van der Waals surface area contributed by atoms with E-state index >= 15 is 0 Å². The summed E-state index contributed by atoms with van der Waals surface area (Å²) < 4.78 is 58.2. The Hall–Kier alpha value is -1.94.